The lowest BCUT2D eigenvalue weighted by Gasteiger charge is -2.28. The number of carbonyl (C=O) groups is 1. The number of benzene rings is 3. The number of fused-ring (bicyclic) bond motifs is 1. The Labute approximate surface area is 212 Å². The molecule has 1 aliphatic heterocycles. The van der Waals surface area contributed by atoms with Crippen molar-refractivity contribution >= 4 is 5.91 Å². The summed E-state index contributed by atoms with van der Waals surface area (Å²) in [4.78, 5) is 31.0. The Bertz CT molecular complexity index is 1360. The number of rotatable bonds is 8. The van der Waals surface area contributed by atoms with Crippen LogP contribution in [0.1, 0.15) is 27.9 Å². The summed E-state index contributed by atoms with van der Waals surface area (Å²) in [5, 5.41) is 0. The van der Waals surface area contributed by atoms with Crippen LogP contribution in [0.4, 0.5) is 0 Å². The van der Waals surface area contributed by atoms with Crippen molar-refractivity contribution in [3.8, 4) is 0 Å². The molecule has 3 aromatic carbocycles. The molecule has 0 saturated carbocycles. The number of nitrogens with zero attached hydrogens (tertiary/aromatic N) is 4. The van der Waals surface area contributed by atoms with Crippen LogP contribution in [0.15, 0.2) is 95.8 Å². The molecule has 0 aliphatic carbocycles. The van der Waals surface area contributed by atoms with Crippen molar-refractivity contribution in [2.24, 2.45) is 0 Å². The van der Waals surface area contributed by atoms with E-state index in [0.717, 1.165) is 35.5 Å². The first-order chi connectivity index (χ1) is 17.6. The SMILES string of the molecule is CN(Cc1ccccc1)C(=O)Cn1c2c(c(=O)n1Cc1ccccc1)CCN(Cc1ccccc1)C2. The van der Waals surface area contributed by atoms with Crippen molar-refractivity contribution < 1.29 is 4.79 Å². The van der Waals surface area contributed by atoms with E-state index in [1.165, 1.54) is 5.56 Å². The maximum absolute atomic E-state index is 13.5. The molecule has 0 bridgehead atoms. The van der Waals surface area contributed by atoms with Gasteiger partial charge in [-0.1, -0.05) is 91.0 Å². The van der Waals surface area contributed by atoms with Crippen LogP contribution in [0, 0.1) is 0 Å². The van der Waals surface area contributed by atoms with E-state index in [1.807, 2.05) is 78.5 Å². The monoisotopic (exact) mass is 480 g/mol. The summed E-state index contributed by atoms with van der Waals surface area (Å²) in [5.41, 5.74) is 5.19. The lowest BCUT2D eigenvalue weighted by Crippen LogP contribution is -2.35. The molecule has 36 heavy (non-hydrogen) atoms. The minimum absolute atomic E-state index is 0.0151. The summed E-state index contributed by atoms with van der Waals surface area (Å²) < 4.78 is 3.70. The van der Waals surface area contributed by atoms with Crippen LogP contribution in [0.2, 0.25) is 0 Å². The van der Waals surface area contributed by atoms with Gasteiger partial charge in [0.25, 0.3) is 5.56 Å². The average Bonchev–Trinajstić information content (AvgIpc) is 3.15. The highest BCUT2D eigenvalue weighted by atomic mass is 16.2. The van der Waals surface area contributed by atoms with Crippen molar-refractivity contribution in [1.29, 1.82) is 0 Å². The van der Waals surface area contributed by atoms with Crippen LogP contribution in [0.5, 0.6) is 0 Å². The third kappa shape index (κ3) is 5.34. The molecular weight excluding hydrogens is 448 g/mol. The number of carbonyl (C=O) groups excluding carboxylic acids is 1. The Balaban J connectivity index is 1.44. The Morgan fingerprint density at radius 1 is 0.778 bits per heavy atom. The fourth-order valence-electron chi connectivity index (χ4n) is 4.94. The van der Waals surface area contributed by atoms with Crippen LogP contribution in [-0.4, -0.2) is 38.7 Å². The Morgan fingerprint density at radius 3 is 1.94 bits per heavy atom. The summed E-state index contributed by atoms with van der Waals surface area (Å²) in [6.45, 7) is 3.42. The minimum atomic E-state index is -0.0151. The molecule has 5 rings (SSSR count). The second kappa shape index (κ2) is 10.8. The molecule has 2 heterocycles. The fraction of sp³-hybridized carbons (Fsp3) is 0.267. The number of aromatic nitrogens is 2. The molecule has 1 amide bonds. The second-order valence-corrected chi connectivity index (χ2v) is 9.51. The molecule has 0 fully saturated rings. The van der Waals surface area contributed by atoms with Crippen molar-refractivity contribution in [3.63, 3.8) is 0 Å². The van der Waals surface area contributed by atoms with E-state index < -0.39 is 0 Å². The van der Waals surface area contributed by atoms with E-state index in [-0.39, 0.29) is 18.0 Å². The first kappa shape index (κ1) is 23.8. The van der Waals surface area contributed by atoms with Crippen LogP contribution in [-0.2, 0) is 43.9 Å². The molecule has 1 aromatic heterocycles. The summed E-state index contributed by atoms with van der Waals surface area (Å²) in [7, 11) is 1.83. The third-order valence-corrected chi connectivity index (χ3v) is 6.89. The lowest BCUT2D eigenvalue weighted by molar-refractivity contribution is -0.131. The average molecular weight is 481 g/mol. The number of likely N-dealkylation sites (N-methyl/N-ethyl adjacent to an activating group) is 1. The molecule has 4 aromatic rings. The highest BCUT2D eigenvalue weighted by Gasteiger charge is 2.28. The molecule has 0 N–H and O–H groups in total. The van der Waals surface area contributed by atoms with Gasteiger partial charge in [0.15, 0.2) is 0 Å². The standard InChI is InChI=1S/C30H32N4O2/c1-31(19-24-11-5-2-6-12-24)29(35)23-33-28-22-32(20-25-13-7-3-8-14-25)18-17-27(28)30(36)34(33)21-26-15-9-4-10-16-26/h2-16H,17-23H2,1H3. The smallest absolute Gasteiger partial charge is 0.270 e. The first-order valence-electron chi connectivity index (χ1n) is 12.5. The van der Waals surface area contributed by atoms with E-state index in [1.54, 1.807) is 9.58 Å². The Hall–Kier alpha value is -3.90. The van der Waals surface area contributed by atoms with Gasteiger partial charge in [-0.25, -0.2) is 4.68 Å². The lowest BCUT2D eigenvalue weighted by atomic mass is 10.1. The normalized spacial score (nSPS) is 13.4. The van der Waals surface area contributed by atoms with E-state index in [0.29, 0.717) is 26.1 Å². The first-order valence-corrected chi connectivity index (χ1v) is 12.5. The van der Waals surface area contributed by atoms with Gasteiger partial charge in [-0.05, 0) is 23.1 Å². The minimum Gasteiger partial charge on any atom is -0.340 e. The number of hydrogen-bond acceptors (Lipinski definition) is 3. The number of hydrogen-bond donors (Lipinski definition) is 0. The van der Waals surface area contributed by atoms with E-state index in [4.69, 9.17) is 0 Å². The van der Waals surface area contributed by atoms with Gasteiger partial charge in [-0.15, -0.1) is 0 Å². The number of amides is 1. The highest BCUT2D eigenvalue weighted by Crippen LogP contribution is 2.20. The zero-order valence-corrected chi connectivity index (χ0v) is 20.7. The second-order valence-electron chi connectivity index (χ2n) is 9.51. The topological polar surface area (TPSA) is 50.5 Å². The van der Waals surface area contributed by atoms with Crippen molar-refractivity contribution in [1.82, 2.24) is 19.2 Å². The molecule has 0 spiro atoms. The fourth-order valence-corrected chi connectivity index (χ4v) is 4.94. The molecule has 0 unspecified atom stereocenters. The van der Waals surface area contributed by atoms with Gasteiger partial charge < -0.3 is 4.90 Å². The van der Waals surface area contributed by atoms with Crippen molar-refractivity contribution in [3.05, 3.63) is 129 Å². The summed E-state index contributed by atoms with van der Waals surface area (Å²) in [5.74, 6) is -0.0151. The molecule has 0 radical (unpaired) electrons. The highest BCUT2D eigenvalue weighted by molar-refractivity contribution is 5.75. The molecule has 6 nitrogen and oxygen atoms in total. The van der Waals surface area contributed by atoms with Gasteiger partial charge in [-0.3, -0.25) is 19.2 Å². The van der Waals surface area contributed by atoms with Crippen LogP contribution < -0.4 is 5.56 Å². The van der Waals surface area contributed by atoms with Gasteiger partial charge in [0.2, 0.25) is 5.91 Å². The van der Waals surface area contributed by atoms with Gasteiger partial charge in [0.05, 0.1) is 12.2 Å². The Kier molecular flexibility index (Phi) is 7.14. The van der Waals surface area contributed by atoms with Crippen molar-refractivity contribution in [2.75, 3.05) is 13.6 Å². The third-order valence-electron chi connectivity index (χ3n) is 6.89. The molecule has 6 heteroatoms. The predicted octanol–water partition coefficient (Wildman–Crippen LogP) is 3.92. The van der Waals surface area contributed by atoms with Gasteiger partial charge in [-0.2, -0.15) is 0 Å². The van der Waals surface area contributed by atoms with Crippen molar-refractivity contribution in [2.45, 2.75) is 39.1 Å². The summed E-state index contributed by atoms with van der Waals surface area (Å²) in [6, 6.07) is 30.3. The molecule has 184 valence electrons. The molecule has 0 atom stereocenters. The largest absolute Gasteiger partial charge is 0.340 e. The molecular formula is C30H32N4O2. The van der Waals surface area contributed by atoms with Crippen LogP contribution in [0.3, 0.4) is 0 Å². The van der Waals surface area contributed by atoms with Gasteiger partial charge in [0, 0.05) is 38.8 Å². The van der Waals surface area contributed by atoms with Crippen LogP contribution in [0.25, 0.3) is 0 Å². The Morgan fingerprint density at radius 2 is 1.33 bits per heavy atom. The zero-order valence-electron chi connectivity index (χ0n) is 20.7. The van der Waals surface area contributed by atoms with Crippen LogP contribution >= 0.6 is 0 Å². The van der Waals surface area contributed by atoms with Gasteiger partial charge in [0.1, 0.15) is 6.54 Å². The van der Waals surface area contributed by atoms with Gasteiger partial charge >= 0.3 is 0 Å². The van der Waals surface area contributed by atoms with E-state index in [9.17, 15) is 9.59 Å². The maximum Gasteiger partial charge on any atom is 0.270 e. The summed E-state index contributed by atoms with van der Waals surface area (Å²) in [6.07, 6.45) is 0.691. The van der Waals surface area contributed by atoms with E-state index in [2.05, 4.69) is 29.2 Å². The van der Waals surface area contributed by atoms with E-state index >= 15 is 0 Å². The zero-order chi connectivity index (χ0) is 24.9. The molecule has 0 saturated heterocycles. The summed E-state index contributed by atoms with van der Waals surface area (Å²) >= 11 is 0. The molecule has 1 aliphatic rings. The predicted molar refractivity (Wildman–Crippen MR) is 141 cm³/mol. The maximum atomic E-state index is 13.5. The quantitative estimate of drug-likeness (QED) is 0.384.